The van der Waals surface area contributed by atoms with Gasteiger partial charge in [0.15, 0.2) is 12.4 Å². The van der Waals surface area contributed by atoms with E-state index in [9.17, 15) is 14.4 Å². The average Bonchev–Trinajstić information content (AvgIpc) is 3.03. The first-order valence-electron chi connectivity index (χ1n) is 7.22. The Bertz CT molecular complexity index is 750. The number of esters is 1. The van der Waals surface area contributed by atoms with Crippen molar-refractivity contribution in [3.63, 3.8) is 0 Å². The lowest BCUT2D eigenvalue weighted by molar-refractivity contribution is -0.119. The first-order chi connectivity index (χ1) is 11.4. The van der Waals surface area contributed by atoms with Crippen LogP contribution in [0.15, 0.2) is 36.4 Å². The summed E-state index contributed by atoms with van der Waals surface area (Å²) in [5.74, 6) is -1.16. The summed E-state index contributed by atoms with van der Waals surface area (Å²) in [5, 5.41) is 2.65. The first kappa shape index (κ1) is 17.7. The highest BCUT2D eigenvalue weighted by atomic mass is 32.1. The van der Waals surface area contributed by atoms with Gasteiger partial charge in [0.2, 0.25) is 0 Å². The second-order valence-corrected chi connectivity index (χ2v) is 6.37. The molecule has 0 saturated carbocycles. The number of hydrogen-bond acceptors (Lipinski definition) is 6. The summed E-state index contributed by atoms with van der Waals surface area (Å²) < 4.78 is 4.96. The highest BCUT2D eigenvalue weighted by molar-refractivity contribution is 7.15. The van der Waals surface area contributed by atoms with Gasteiger partial charge in [0, 0.05) is 25.5 Å². The van der Waals surface area contributed by atoms with Crippen molar-refractivity contribution in [1.29, 1.82) is 0 Å². The quantitative estimate of drug-likeness (QED) is 0.643. The van der Waals surface area contributed by atoms with E-state index in [0.717, 1.165) is 17.0 Å². The van der Waals surface area contributed by atoms with E-state index in [4.69, 9.17) is 4.74 Å². The lowest BCUT2D eigenvalue weighted by atomic mass is 10.2. The topological polar surface area (TPSA) is 75.7 Å². The van der Waals surface area contributed by atoms with Crippen LogP contribution in [0.3, 0.4) is 0 Å². The smallest absolute Gasteiger partial charge is 0.348 e. The second-order valence-electron chi connectivity index (χ2n) is 5.29. The number of hydrogen-bond donors (Lipinski definition) is 1. The fourth-order valence-electron chi connectivity index (χ4n) is 1.88. The first-order valence-corrected chi connectivity index (χ1v) is 8.03. The number of nitrogens with one attached hydrogen (secondary N) is 1. The molecule has 0 bridgehead atoms. The van der Waals surface area contributed by atoms with Crippen molar-refractivity contribution < 1.29 is 19.1 Å². The van der Waals surface area contributed by atoms with Gasteiger partial charge in [0.05, 0.1) is 4.88 Å². The Labute approximate surface area is 144 Å². The van der Waals surface area contributed by atoms with Crippen LogP contribution < -0.4 is 10.2 Å². The van der Waals surface area contributed by atoms with Gasteiger partial charge in [-0.05, 0) is 43.3 Å². The predicted molar refractivity (Wildman–Crippen MR) is 94.0 cm³/mol. The highest BCUT2D eigenvalue weighted by Crippen LogP contribution is 2.18. The van der Waals surface area contributed by atoms with E-state index in [-0.39, 0.29) is 12.4 Å². The van der Waals surface area contributed by atoms with Gasteiger partial charge in [0.1, 0.15) is 4.88 Å². The molecule has 24 heavy (non-hydrogen) atoms. The van der Waals surface area contributed by atoms with Gasteiger partial charge in [0.25, 0.3) is 5.91 Å². The Kier molecular flexibility index (Phi) is 5.70. The van der Waals surface area contributed by atoms with Gasteiger partial charge in [-0.15, -0.1) is 11.3 Å². The molecule has 1 aromatic carbocycles. The van der Waals surface area contributed by atoms with Crippen molar-refractivity contribution >= 4 is 40.4 Å². The zero-order chi connectivity index (χ0) is 17.7. The van der Waals surface area contributed by atoms with Crippen LogP contribution in [0.1, 0.15) is 26.3 Å². The maximum atomic E-state index is 11.8. The number of thiophene rings is 1. The number of ether oxygens (including phenoxy) is 1. The summed E-state index contributed by atoms with van der Waals surface area (Å²) in [7, 11) is 3.85. The third-order valence-corrected chi connectivity index (χ3v) is 4.32. The summed E-state index contributed by atoms with van der Waals surface area (Å²) in [5.41, 5.74) is 1.63. The standard InChI is InChI=1S/C17H18N2O4S/c1-11(20)14-8-9-15(24-14)17(22)23-10-16(21)18-12-4-6-13(7-5-12)19(2)3/h4-9H,10H2,1-3H3,(H,18,21). The van der Waals surface area contributed by atoms with E-state index in [0.29, 0.717) is 15.4 Å². The molecule has 0 saturated heterocycles. The van der Waals surface area contributed by atoms with Gasteiger partial charge >= 0.3 is 5.97 Å². The molecule has 1 aromatic heterocycles. The fraction of sp³-hybridized carbons (Fsp3) is 0.235. The minimum Gasteiger partial charge on any atom is -0.451 e. The van der Waals surface area contributed by atoms with E-state index in [2.05, 4.69) is 5.32 Å². The van der Waals surface area contributed by atoms with Crippen LogP contribution in [-0.2, 0) is 9.53 Å². The molecule has 0 fully saturated rings. The zero-order valence-electron chi connectivity index (χ0n) is 13.7. The number of rotatable bonds is 6. The number of Topliss-reactive ketones (excluding diaryl/α,β-unsaturated/α-hetero) is 1. The maximum Gasteiger partial charge on any atom is 0.348 e. The third-order valence-electron chi connectivity index (χ3n) is 3.16. The SMILES string of the molecule is CC(=O)c1ccc(C(=O)OCC(=O)Nc2ccc(N(C)C)cc2)s1. The number of carbonyl (C=O) groups is 3. The Morgan fingerprint density at radius 3 is 2.21 bits per heavy atom. The minimum absolute atomic E-state index is 0.113. The summed E-state index contributed by atoms with van der Waals surface area (Å²) in [6.07, 6.45) is 0. The number of nitrogens with zero attached hydrogens (tertiary/aromatic N) is 1. The largest absolute Gasteiger partial charge is 0.451 e. The molecule has 1 amide bonds. The normalized spacial score (nSPS) is 10.1. The van der Waals surface area contributed by atoms with Crippen molar-refractivity contribution in [2.75, 3.05) is 30.9 Å². The molecule has 0 unspecified atom stereocenters. The lowest BCUT2D eigenvalue weighted by Crippen LogP contribution is -2.20. The Balaban J connectivity index is 1.85. The van der Waals surface area contributed by atoms with E-state index < -0.39 is 11.9 Å². The molecular formula is C17H18N2O4S. The molecule has 1 heterocycles. The van der Waals surface area contributed by atoms with Crippen LogP contribution in [0.5, 0.6) is 0 Å². The Morgan fingerprint density at radius 1 is 1.04 bits per heavy atom. The molecule has 2 rings (SSSR count). The van der Waals surface area contributed by atoms with Gasteiger partial charge < -0.3 is 15.0 Å². The van der Waals surface area contributed by atoms with Crippen LogP contribution >= 0.6 is 11.3 Å². The number of anilines is 2. The van der Waals surface area contributed by atoms with Crippen molar-refractivity contribution in [3.05, 3.63) is 46.2 Å². The van der Waals surface area contributed by atoms with E-state index in [1.165, 1.54) is 13.0 Å². The molecule has 0 spiro atoms. The Hall–Kier alpha value is -2.67. The van der Waals surface area contributed by atoms with E-state index in [1.807, 2.05) is 31.1 Å². The van der Waals surface area contributed by atoms with Gasteiger partial charge in [-0.3, -0.25) is 9.59 Å². The number of benzene rings is 1. The van der Waals surface area contributed by atoms with Crippen molar-refractivity contribution in [2.45, 2.75) is 6.92 Å². The molecule has 2 aromatic rings. The molecule has 0 radical (unpaired) electrons. The zero-order valence-corrected chi connectivity index (χ0v) is 14.5. The number of carbonyl (C=O) groups excluding carboxylic acids is 3. The summed E-state index contributed by atoms with van der Waals surface area (Å²) in [6, 6.07) is 10.4. The molecule has 1 N–H and O–H groups in total. The van der Waals surface area contributed by atoms with E-state index in [1.54, 1.807) is 18.2 Å². The molecule has 0 aliphatic rings. The molecule has 7 heteroatoms. The predicted octanol–water partition coefficient (Wildman–Crippen LogP) is 2.81. The van der Waals surface area contributed by atoms with Crippen LogP contribution in [0.25, 0.3) is 0 Å². The van der Waals surface area contributed by atoms with Gasteiger partial charge in [-0.1, -0.05) is 0 Å². The monoisotopic (exact) mass is 346 g/mol. The lowest BCUT2D eigenvalue weighted by Gasteiger charge is -2.13. The van der Waals surface area contributed by atoms with Crippen LogP contribution in [0.4, 0.5) is 11.4 Å². The molecule has 0 aliphatic carbocycles. The van der Waals surface area contributed by atoms with Crippen LogP contribution in [-0.4, -0.2) is 38.4 Å². The maximum absolute atomic E-state index is 11.8. The number of ketones is 1. The fourth-order valence-corrected chi connectivity index (χ4v) is 2.67. The third kappa shape index (κ3) is 4.66. The molecule has 6 nitrogen and oxygen atoms in total. The molecule has 0 aliphatic heterocycles. The van der Waals surface area contributed by atoms with Crippen LogP contribution in [0, 0.1) is 0 Å². The Morgan fingerprint density at radius 2 is 1.67 bits per heavy atom. The average molecular weight is 346 g/mol. The molecule has 126 valence electrons. The van der Waals surface area contributed by atoms with Crippen LogP contribution in [0.2, 0.25) is 0 Å². The van der Waals surface area contributed by atoms with Crippen molar-refractivity contribution in [2.24, 2.45) is 0 Å². The molecular weight excluding hydrogens is 328 g/mol. The van der Waals surface area contributed by atoms with E-state index >= 15 is 0 Å². The van der Waals surface area contributed by atoms with Gasteiger partial charge in [-0.2, -0.15) is 0 Å². The highest BCUT2D eigenvalue weighted by Gasteiger charge is 2.14. The van der Waals surface area contributed by atoms with Gasteiger partial charge in [-0.25, -0.2) is 4.79 Å². The minimum atomic E-state index is -0.620. The second kappa shape index (κ2) is 7.74. The summed E-state index contributed by atoms with van der Waals surface area (Å²) in [4.78, 5) is 37.6. The van der Waals surface area contributed by atoms with Crippen molar-refractivity contribution in [1.82, 2.24) is 0 Å². The summed E-state index contributed by atoms with van der Waals surface area (Å²) in [6.45, 7) is 1.04. The van der Waals surface area contributed by atoms with Crippen molar-refractivity contribution in [3.8, 4) is 0 Å². The number of amides is 1. The summed E-state index contributed by atoms with van der Waals surface area (Å²) >= 11 is 1.05. The molecule has 0 atom stereocenters.